The largest absolute Gasteiger partial charge is 0.469 e. The molecule has 1 heterocycles. The smallest absolute Gasteiger partial charge is 0.305 e. The predicted molar refractivity (Wildman–Crippen MR) is 79.8 cm³/mol. The van der Waals surface area contributed by atoms with Gasteiger partial charge in [-0.25, -0.2) is 9.37 Å². The summed E-state index contributed by atoms with van der Waals surface area (Å²) in [7, 11) is 1.36. The van der Waals surface area contributed by atoms with E-state index in [1.165, 1.54) is 24.5 Å². The van der Waals surface area contributed by atoms with Crippen molar-refractivity contribution in [2.24, 2.45) is 0 Å². The Morgan fingerprint density at radius 2 is 2.35 bits per heavy atom. The number of halogens is 2. The molecule has 0 saturated heterocycles. The summed E-state index contributed by atoms with van der Waals surface area (Å²) in [5.41, 5.74) is 1.43. The highest BCUT2D eigenvalue weighted by molar-refractivity contribution is 9.10. The molecule has 0 radical (unpaired) electrons. The SMILES string of the molecule is COC(=O)CCc1csc(Nc2ccc(Br)c(F)c2)n1. The summed E-state index contributed by atoms with van der Waals surface area (Å²) in [6.07, 6.45) is 0.826. The first-order valence-electron chi connectivity index (χ1n) is 5.82. The fourth-order valence-corrected chi connectivity index (χ4v) is 2.52. The van der Waals surface area contributed by atoms with Crippen molar-refractivity contribution in [3.8, 4) is 0 Å². The van der Waals surface area contributed by atoms with Crippen LogP contribution in [-0.4, -0.2) is 18.1 Å². The van der Waals surface area contributed by atoms with Crippen molar-refractivity contribution in [2.75, 3.05) is 12.4 Å². The van der Waals surface area contributed by atoms with Crippen LogP contribution < -0.4 is 5.32 Å². The van der Waals surface area contributed by atoms with Gasteiger partial charge in [0, 0.05) is 17.5 Å². The van der Waals surface area contributed by atoms with Gasteiger partial charge in [-0.15, -0.1) is 11.3 Å². The molecule has 0 fully saturated rings. The molecule has 7 heteroatoms. The number of methoxy groups -OCH3 is 1. The lowest BCUT2D eigenvalue weighted by Gasteiger charge is -2.03. The number of ether oxygens (including phenoxy) is 1. The van der Waals surface area contributed by atoms with E-state index >= 15 is 0 Å². The van der Waals surface area contributed by atoms with Crippen molar-refractivity contribution in [2.45, 2.75) is 12.8 Å². The van der Waals surface area contributed by atoms with E-state index in [9.17, 15) is 9.18 Å². The highest BCUT2D eigenvalue weighted by Gasteiger charge is 2.07. The van der Waals surface area contributed by atoms with E-state index in [4.69, 9.17) is 0 Å². The Labute approximate surface area is 128 Å². The Balaban J connectivity index is 1.98. The first-order chi connectivity index (χ1) is 9.58. The molecular weight excluding hydrogens is 347 g/mol. The van der Waals surface area contributed by atoms with E-state index in [1.54, 1.807) is 12.1 Å². The van der Waals surface area contributed by atoms with Crippen molar-refractivity contribution in [1.29, 1.82) is 0 Å². The standard InChI is InChI=1S/C13H12BrFN2O2S/c1-19-12(18)5-3-9-7-20-13(17-9)16-8-2-4-10(14)11(15)6-8/h2,4,6-7H,3,5H2,1H3,(H,16,17). The van der Waals surface area contributed by atoms with E-state index in [0.717, 1.165) is 5.69 Å². The Bertz CT molecular complexity index is 618. The van der Waals surface area contributed by atoms with Crippen LogP contribution in [-0.2, 0) is 16.0 Å². The molecule has 0 atom stereocenters. The minimum Gasteiger partial charge on any atom is -0.469 e. The van der Waals surface area contributed by atoms with Crippen molar-refractivity contribution < 1.29 is 13.9 Å². The molecule has 1 aromatic heterocycles. The van der Waals surface area contributed by atoms with Crippen LogP contribution in [0, 0.1) is 5.82 Å². The van der Waals surface area contributed by atoms with Gasteiger partial charge in [-0.3, -0.25) is 4.79 Å². The molecule has 1 N–H and O–H groups in total. The number of hydrogen-bond donors (Lipinski definition) is 1. The van der Waals surface area contributed by atoms with E-state index in [0.29, 0.717) is 28.1 Å². The van der Waals surface area contributed by atoms with Crippen molar-refractivity contribution in [1.82, 2.24) is 4.98 Å². The summed E-state index contributed by atoms with van der Waals surface area (Å²) in [6.45, 7) is 0. The zero-order valence-corrected chi connectivity index (χ0v) is 13.1. The van der Waals surface area contributed by atoms with Crippen LogP contribution in [0.1, 0.15) is 12.1 Å². The Hall–Kier alpha value is -1.47. The fourth-order valence-electron chi connectivity index (χ4n) is 1.51. The molecule has 2 rings (SSSR count). The van der Waals surface area contributed by atoms with Gasteiger partial charge in [0.25, 0.3) is 0 Å². The second-order valence-corrected chi connectivity index (χ2v) is 5.69. The summed E-state index contributed by atoms with van der Waals surface area (Å²) in [5.74, 6) is -0.597. The van der Waals surface area contributed by atoms with E-state index in [1.807, 2.05) is 5.38 Å². The number of rotatable bonds is 5. The molecule has 1 aromatic carbocycles. The average molecular weight is 359 g/mol. The van der Waals surface area contributed by atoms with Crippen molar-refractivity contribution in [3.63, 3.8) is 0 Å². The summed E-state index contributed by atoms with van der Waals surface area (Å²) in [4.78, 5) is 15.4. The highest BCUT2D eigenvalue weighted by atomic mass is 79.9. The summed E-state index contributed by atoms with van der Waals surface area (Å²) in [6, 6.07) is 4.77. The van der Waals surface area contributed by atoms with Gasteiger partial charge in [-0.1, -0.05) is 0 Å². The van der Waals surface area contributed by atoms with Crippen LogP contribution in [0.2, 0.25) is 0 Å². The lowest BCUT2D eigenvalue weighted by Crippen LogP contribution is -2.02. The number of thiazole rings is 1. The Kier molecular flexibility index (Phi) is 5.08. The molecule has 0 amide bonds. The topological polar surface area (TPSA) is 51.2 Å². The summed E-state index contributed by atoms with van der Waals surface area (Å²) >= 11 is 4.51. The lowest BCUT2D eigenvalue weighted by molar-refractivity contribution is -0.140. The third-order valence-electron chi connectivity index (χ3n) is 2.54. The van der Waals surface area contributed by atoms with Crippen molar-refractivity contribution in [3.05, 3.63) is 39.6 Å². The molecule has 0 aliphatic heterocycles. The van der Waals surface area contributed by atoms with Crippen molar-refractivity contribution >= 4 is 44.1 Å². The van der Waals surface area contributed by atoms with Gasteiger partial charge in [0.15, 0.2) is 5.13 Å². The molecule has 4 nitrogen and oxygen atoms in total. The maximum absolute atomic E-state index is 13.4. The van der Waals surface area contributed by atoms with Crippen LogP contribution in [0.25, 0.3) is 0 Å². The van der Waals surface area contributed by atoms with Gasteiger partial charge in [0.05, 0.1) is 23.7 Å². The molecule has 0 spiro atoms. The van der Waals surface area contributed by atoms with E-state index in [-0.39, 0.29) is 11.8 Å². The highest BCUT2D eigenvalue weighted by Crippen LogP contribution is 2.24. The van der Waals surface area contributed by atoms with E-state index < -0.39 is 0 Å². The second kappa shape index (κ2) is 6.81. The van der Waals surface area contributed by atoms with Crippen LogP contribution >= 0.6 is 27.3 Å². The number of aryl methyl sites for hydroxylation is 1. The quantitative estimate of drug-likeness (QED) is 0.823. The van der Waals surface area contributed by atoms with Gasteiger partial charge in [-0.05, 0) is 34.1 Å². The molecule has 0 saturated carbocycles. The number of nitrogens with one attached hydrogen (secondary N) is 1. The first-order valence-corrected chi connectivity index (χ1v) is 7.49. The number of aromatic nitrogens is 1. The minimum atomic E-state index is -0.336. The molecular formula is C13H12BrFN2O2S. The normalized spacial score (nSPS) is 10.3. The third kappa shape index (κ3) is 4.01. The Morgan fingerprint density at radius 1 is 1.55 bits per heavy atom. The number of carbonyl (C=O) groups excluding carboxylic acids is 1. The van der Waals surface area contributed by atoms with Crippen LogP contribution in [0.3, 0.4) is 0 Å². The van der Waals surface area contributed by atoms with Crippen LogP contribution in [0.4, 0.5) is 15.2 Å². The van der Waals surface area contributed by atoms with Crippen LogP contribution in [0.15, 0.2) is 28.1 Å². The first kappa shape index (κ1) is 14.9. The zero-order valence-electron chi connectivity index (χ0n) is 10.7. The number of hydrogen-bond acceptors (Lipinski definition) is 5. The summed E-state index contributed by atoms with van der Waals surface area (Å²) < 4.78 is 18.4. The summed E-state index contributed by atoms with van der Waals surface area (Å²) in [5, 5.41) is 5.54. The van der Waals surface area contributed by atoms with Gasteiger partial charge in [0.2, 0.25) is 0 Å². The molecule has 2 aromatic rings. The van der Waals surface area contributed by atoms with Gasteiger partial charge in [0.1, 0.15) is 5.82 Å². The molecule has 0 aliphatic carbocycles. The number of esters is 1. The van der Waals surface area contributed by atoms with Gasteiger partial charge >= 0.3 is 5.97 Å². The Morgan fingerprint density at radius 3 is 3.05 bits per heavy atom. The molecule has 106 valence electrons. The fraction of sp³-hybridized carbons (Fsp3) is 0.231. The number of anilines is 2. The minimum absolute atomic E-state index is 0.262. The molecule has 0 unspecified atom stereocenters. The lowest BCUT2D eigenvalue weighted by atomic mass is 10.2. The zero-order chi connectivity index (χ0) is 14.5. The maximum atomic E-state index is 13.4. The average Bonchev–Trinajstić information content (AvgIpc) is 2.88. The van der Waals surface area contributed by atoms with Crippen LogP contribution in [0.5, 0.6) is 0 Å². The number of benzene rings is 1. The number of nitrogens with zero attached hydrogens (tertiary/aromatic N) is 1. The maximum Gasteiger partial charge on any atom is 0.305 e. The van der Waals surface area contributed by atoms with E-state index in [2.05, 4.69) is 31.0 Å². The third-order valence-corrected chi connectivity index (χ3v) is 3.99. The van der Waals surface area contributed by atoms with Gasteiger partial charge < -0.3 is 10.1 Å². The monoisotopic (exact) mass is 358 g/mol. The van der Waals surface area contributed by atoms with Gasteiger partial charge in [-0.2, -0.15) is 0 Å². The molecule has 0 aliphatic rings. The molecule has 0 bridgehead atoms. The second-order valence-electron chi connectivity index (χ2n) is 3.97. The molecule has 20 heavy (non-hydrogen) atoms. The predicted octanol–water partition coefficient (Wildman–Crippen LogP) is 3.89. The number of carbonyl (C=O) groups is 1.